The van der Waals surface area contributed by atoms with Crippen molar-refractivity contribution in [3.05, 3.63) is 96.4 Å². The van der Waals surface area contributed by atoms with Gasteiger partial charge in [-0.15, -0.1) is 0 Å². The van der Waals surface area contributed by atoms with Gasteiger partial charge in [0.2, 0.25) is 0 Å². The van der Waals surface area contributed by atoms with Gasteiger partial charge in [0.15, 0.2) is 0 Å². The average Bonchev–Trinajstić information content (AvgIpc) is 2.81. The molecule has 2 aromatic heterocycles. The van der Waals surface area contributed by atoms with E-state index in [0.717, 1.165) is 48.5 Å². The first-order valence-electron chi connectivity index (χ1n) is 10.3. The first kappa shape index (κ1) is 18.7. The minimum Gasteiger partial charge on any atom is -0.371 e. The molecule has 0 bridgehead atoms. The van der Waals surface area contributed by atoms with Gasteiger partial charge in [0.05, 0.1) is 12.7 Å². The summed E-state index contributed by atoms with van der Waals surface area (Å²) in [6.45, 7) is 3.46. The number of nitrogens with one attached hydrogen (secondary N) is 1. The molecule has 3 heterocycles. The van der Waals surface area contributed by atoms with Crippen LogP contribution >= 0.6 is 0 Å². The maximum absolute atomic E-state index is 5.98. The second kappa shape index (κ2) is 8.61. The Balaban J connectivity index is 1.25. The van der Waals surface area contributed by atoms with Crippen LogP contribution in [0.3, 0.4) is 0 Å². The molecule has 2 aromatic carbocycles. The van der Waals surface area contributed by atoms with E-state index in [1.807, 2.05) is 42.9 Å². The molecular formula is C25H24N4O. The van der Waals surface area contributed by atoms with Crippen LogP contribution in [-0.4, -0.2) is 34.6 Å². The zero-order valence-corrected chi connectivity index (χ0v) is 16.7. The lowest BCUT2D eigenvalue weighted by molar-refractivity contribution is -0.0329. The first-order chi connectivity index (χ1) is 14.8. The third-order valence-corrected chi connectivity index (χ3v) is 5.50. The molecular weight excluding hydrogens is 372 g/mol. The SMILES string of the molecule is c1ccc(C2CN(Cc3ccc(Nc4cccc5cnccc45)nc3)CCO2)cc1. The summed E-state index contributed by atoms with van der Waals surface area (Å²) >= 11 is 0. The topological polar surface area (TPSA) is 50.3 Å². The van der Waals surface area contributed by atoms with E-state index in [0.29, 0.717) is 0 Å². The van der Waals surface area contributed by atoms with E-state index in [2.05, 4.69) is 62.6 Å². The second-order valence-electron chi connectivity index (χ2n) is 7.58. The zero-order valence-electron chi connectivity index (χ0n) is 16.7. The minimum absolute atomic E-state index is 0.134. The highest BCUT2D eigenvalue weighted by molar-refractivity contribution is 5.94. The maximum Gasteiger partial charge on any atom is 0.130 e. The first-order valence-corrected chi connectivity index (χ1v) is 10.3. The molecule has 30 heavy (non-hydrogen) atoms. The number of hydrogen-bond donors (Lipinski definition) is 1. The van der Waals surface area contributed by atoms with Crippen molar-refractivity contribution in [3.8, 4) is 0 Å². The van der Waals surface area contributed by atoms with E-state index in [9.17, 15) is 0 Å². The van der Waals surface area contributed by atoms with Crippen LogP contribution in [0.1, 0.15) is 17.2 Å². The highest BCUT2D eigenvalue weighted by Crippen LogP contribution is 2.26. The molecule has 1 saturated heterocycles. The molecule has 5 rings (SSSR count). The summed E-state index contributed by atoms with van der Waals surface area (Å²) in [5.74, 6) is 0.840. The summed E-state index contributed by atoms with van der Waals surface area (Å²) in [6, 6.07) is 22.8. The lowest BCUT2D eigenvalue weighted by Gasteiger charge is -2.33. The van der Waals surface area contributed by atoms with Crippen molar-refractivity contribution in [3.63, 3.8) is 0 Å². The van der Waals surface area contributed by atoms with E-state index >= 15 is 0 Å². The number of nitrogens with zero attached hydrogens (tertiary/aromatic N) is 3. The number of rotatable bonds is 5. The van der Waals surface area contributed by atoms with Crippen molar-refractivity contribution in [2.24, 2.45) is 0 Å². The van der Waals surface area contributed by atoms with Crippen LogP contribution in [0, 0.1) is 0 Å². The number of pyridine rings is 2. The Labute approximate surface area is 176 Å². The molecule has 4 aromatic rings. The van der Waals surface area contributed by atoms with Crippen LogP contribution < -0.4 is 5.32 Å². The highest BCUT2D eigenvalue weighted by atomic mass is 16.5. The van der Waals surface area contributed by atoms with Crippen molar-refractivity contribution in [2.75, 3.05) is 25.0 Å². The van der Waals surface area contributed by atoms with Gasteiger partial charge in [0.1, 0.15) is 5.82 Å². The van der Waals surface area contributed by atoms with Crippen LogP contribution in [0.5, 0.6) is 0 Å². The number of anilines is 2. The van der Waals surface area contributed by atoms with Crippen molar-refractivity contribution < 1.29 is 4.74 Å². The second-order valence-corrected chi connectivity index (χ2v) is 7.58. The molecule has 0 spiro atoms. The summed E-state index contributed by atoms with van der Waals surface area (Å²) < 4.78 is 5.98. The van der Waals surface area contributed by atoms with Gasteiger partial charge in [-0.1, -0.05) is 48.5 Å². The number of benzene rings is 2. The minimum atomic E-state index is 0.134. The van der Waals surface area contributed by atoms with Gasteiger partial charge in [-0.05, 0) is 29.3 Å². The fraction of sp³-hybridized carbons (Fsp3) is 0.200. The van der Waals surface area contributed by atoms with Gasteiger partial charge in [0.25, 0.3) is 0 Å². The smallest absolute Gasteiger partial charge is 0.130 e. The third kappa shape index (κ3) is 4.17. The molecule has 0 amide bonds. The normalized spacial score (nSPS) is 17.1. The predicted octanol–water partition coefficient (Wildman–Crippen LogP) is 4.95. The van der Waals surface area contributed by atoms with E-state index in [-0.39, 0.29) is 6.10 Å². The fourth-order valence-corrected chi connectivity index (χ4v) is 3.94. The van der Waals surface area contributed by atoms with E-state index in [4.69, 9.17) is 4.74 Å². The molecule has 5 heteroatoms. The molecule has 1 N–H and O–H groups in total. The van der Waals surface area contributed by atoms with Crippen molar-refractivity contribution >= 4 is 22.3 Å². The maximum atomic E-state index is 5.98. The van der Waals surface area contributed by atoms with Crippen LogP contribution in [0.15, 0.2) is 85.3 Å². The van der Waals surface area contributed by atoms with Crippen LogP contribution in [-0.2, 0) is 11.3 Å². The summed E-state index contributed by atoms with van der Waals surface area (Å²) in [7, 11) is 0. The van der Waals surface area contributed by atoms with Crippen molar-refractivity contribution in [2.45, 2.75) is 12.6 Å². The largest absolute Gasteiger partial charge is 0.371 e. The van der Waals surface area contributed by atoms with E-state index in [1.165, 1.54) is 11.1 Å². The van der Waals surface area contributed by atoms with E-state index in [1.54, 1.807) is 0 Å². The molecule has 0 radical (unpaired) electrons. The van der Waals surface area contributed by atoms with E-state index < -0.39 is 0 Å². The number of ether oxygens (including phenoxy) is 1. The Morgan fingerprint density at radius 3 is 2.77 bits per heavy atom. The standard InChI is InChI=1S/C25H24N4O/c1-2-5-20(6-3-1)24-18-29(13-14-30-24)17-19-9-10-25(27-15-19)28-23-8-4-7-21-16-26-12-11-22(21)23/h1-12,15-16,24H,13-14,17-18H2,(H,27,28). The predicted molar refractivity (Wildman–Crippen MR) is 120 cm³/mol. The van der Waals surface area contributed by atoms with Gasteiger partial charge >= 0.3 is 0 Å². The molecule has 0 saturated carbocycles. The number of morpholine rings is 1. The molecule has 1 aliphatic rings. The summed E-state index contributed by atoms with van der Waals surface area (Å²) in [5.41, 5.74) is 3.48. The Kier molecular flexibility index (Phi) is 5.38. The Morgan fingerprint density at radius 1 is 0.967 bits per heavy atom. The lowest BCUT2D eigenvalue weighted by Crippen LogP contribution is -2.37. The highest BCUT2D eigenvalue weighted by Gasteiger charge is 2.21. The molecule has 1 atom stereocenters. The molecule has 5 nitrogen and oxygen atoms in total. The Bertz CT molecular complexity index is 1110. The van der Waals surface area contributed by atoms with Gasteiger partial charge in [0, 0.05) is 54.7 Å². The van der Waals surface area contributed by atoms with Gasteiger partial charge in [-0.25, -0.2) is 4.98 Å². The summed E-state index contributed by atoms with van der Waals surface area (Å²) in [4.78, 5) is 11.3. The van der Waals surface area contributed by atoms with Crippen LogP contribution in [0.4, 0.5) is 11.5 Å². The monoisotopic (exact) mass is 396 g/mol. The number of aromatic nitrogens is 2. The summed E-state index contributed by atoms with van der Waals surface area (Å²) in [6.07, 6.45) is 5.79. The van der Waals surface area contributed by atoms with Gasteiger partial charge in [-0.3, -0.25) is 9.88 Å². The van der Waals surface area contributed by atoms with Crippen molar-refractivity contribution in [1.29, 1.82) is 0 Å². The number of fused-ring (bicyclic) bond motifs is 1. The quantitative estimate of drug-likeness (QED) is 0.517. The zero-order chi connectivity index (χ0) is 20.2. The summed E-state index contributed by atoms with van der Waals surface area (Å²) in [5, 5.41) is 5.68. The fourth-order valence-electron chi connectivity index (χ4n) is 3.94. The molecule has 1 unspecified atom stereocenters. The average molecular weight is 396 g/mol. The Morgan fingerprint density at radius 2 is 1.90 bits per heavy atom. The van der Waals surface area contributed by atoms with Gasteiger partial charge < -0.3 is 10.1 Å². The van der Waals surface area contributed by atoms with Crippen LogP contribution in [0.25, 0.3) is 10.8 Å². The molecule has 1 fully saturated rings. The third-order valence-electron chi connectivity index (χ3n) is 5.50. The lowest BCUT2D eigenvalue weighted by atomic mass is 10.1. The van der Waals surface area contributed by atoms with Gasteiger partial charge in [-0.2, -0.15) is 0 Å². The number of hydrogen-bond acceptors (Lipinski definition) is 5. The molecule has 1 aliphatic heterocycles. The Hall–Kier alpha value is -3.28. The van der Waals surface area contributed by atoms with Crippen molar-refractivity contribution in [1.82, 2.24) is 14.9 Å². The molecule has 0 aliphatic carbocycles. The van der Waals surface area contributed by atoms with Crippen LogP contribution in [0.2, 0.25) is 0 Å². The molecule has 150 valence electrons.